The van der Waals surface area contributed by atoms with Crippen molar-refractivity contribution in [3.63, 3.8) is 0 Å². The van der Waals surface area contributed by atoms with Crippen LogP contribution in [0.1, 0.15) is 24.1 Å². The molecule has 1 aliphatic rings. The van der Waals surface area contributed by atoms with Gasteiger partial charge in [0.2, 0.25) is 11.8 Å². The second-order valence-electron chi connectivity index (χ2n) is 7.07. The molecule has 0 radical (unpaired) electrons. The third-order valence-corrected chi connectivity index (χ3v) is 4.86. The second kappa shape index (κ2) is 8.36. The van der Waals surface area contributed by atoms with Gasteiger partial charge in [-0.3, -0.25) is 10.1 Å². The van der Waals surface area contributed by atoms with E-state index in [9.17, 15) is 9.18 Å². The van der Waals surface area contributed by atoms with Crippen molar-refractivity contribution in [2.24, 2.45) is 4.99 Å². The molecule has 7 heteroatoms. The maximum absolute atomic E-state index is 14.6. The fourth-order valence-corrected chi connectivity index (χ4v) is 3.30. The molecule has 1 aliphatic heterocycles. The molecule has 2 heterocycles. The molecule has 1 fully saturated rings. The molecule has 2 N–H and O–H groups in total. The van der Waals surface area contributed by atoms with Crippen LogP contribution in [-0.4, -0.2) is 30.0 Å². The van der Waals surface area contributed by atoms with Crippen molar-refractivity contribution in [1.29, 1.82) is 0 Å². The third-order valence-electron chi connectivity index (χ3n) is 4.86. The molecular weight excluding hydrogens is 371 g/mol. The van der Waals surface area contributed by atoms with E-state index < -0.39 is 0 Å². The smallest absolute Gasteiger partial charge is 0.250 e. The van der Waals surface area contributed by atoms with Gasteiger partial charge >= 0.3 is 0 Å². The van der Waals surface area contributed by atoms with Gasteiger partial charge in [-0.05, 0) is 29.5 Å². The summed E-state index contributed by atoms with van der Waals surface area (Å²) in [6.07, 6.45) is 1.86. The summed E-state index contributed by atoms with van der Waals surface area (Å²) in [6.45, 7) is 2.29. The average Bonchev–Trinajstić information content (AvgIpc) is 3.35. The first-order chi connectivity index (χ1) is 14.1. The minimum Gasteiger partial charge on any atom is -0.336 e. The zero-order valence-electron chi connectivity index (χ0n) is 15.9. The number of hydrogen-bond acceptors (Lipinski definition) is 5. The number of amides is 1. The number of carbonyl (C=O) groups excluding carboxylic acids is 1. The number of carbonyl (C=O) groups is 1. The first-order valence-corrected chi connectivity index (χ1v) is 9.46. The number of aliphatic imine (C=N–C) groups is 1. The van der Waals surface area contributed by atoms with Crippen LogP contribution >= 0.6 is 0 Å². The van der Waals surface area contributed by atoms with Gasteiger partial charge in [-0.25, -0.2) is 9.38 Å². The molecule has 148 valence electrons. The molecule has 2 aromatic carbocycles. The van der Waals surface area contributed by atoms with Gasteiger partial charge in [0.15, 0.2) is 0 Å². The molecular formula is C22H21FN4O2. The van der Waals surface area contributed by atoms with E-state index in [-0.39, 0.29) is 30.4 Å². The van der Waals surface area contributed by atoms with E-state index >= 15 is 0 Å². The fourth-order valence-electron chi connectivity index (χ4n) is 3.30. The van der Waals surface area contributed by atoms with Crippen molar-refractivity contribution in [3.8, 4) is 11.1 Å². The Balaban J connectivity index is 1.41. The van der Waals surface area contributed by atoms with Crippen LogP contribution in [0.3, 0.4) is 0 Å². The molecule has 1 saturated heterocycles. The molecule has 29 heavy (non-hydrogen) atoms. The van der Waals surface area contributed by atoms with E-state index in [1.165, 1.54) is 0 Å². The highest BCUT2D eigenvalue weighted by Crippen LogP contribution is 2.28. The molecule has 0 aliphatic carbocycles. The van der Waals surface area contributed by atoms with E-state index in [1.54, 1.807) is 18.3 Å². The van der Waals surface area contributed by atoms with E-state index in [0.717, 1.165) is 16.8 Å². The number of rotatable bonds is 6. The first-order valence-electron chi connectivity index (χ1n) is 9.46. The summed E-state index contributed by atoms with van der Waals surface area (Å²) < 4.78 is 19.9. The molecule has 1 aromatic heterocycles. The van der Waals surface area contributed by atoms with Crippen molar-refractivity contribution in [2.75, 3.05) is 6.54 Å². The van der Waals surface area contributed by atoms with Crippen LogP contribution in [0.2, 0.25) is 0 Å². The first kappa shape index (κ1) is 19.0. The third kappa shape index (κ3) is 4.57. The van der Waals surface area contributed by atoms with Gasteiger partial charge < -0.3 is 9.84 Å². The topological polar surface area (TPSA) is 79.5 Å². The average molecular weight is 392 g/mol. The van der Waals surface area contributed by atoms with Crippen LogP contribution in [0.15, 0.2) is 64.1 Å². The number of hydrogen-bond donors (Lipinski definition) is 2. The minimum atomic E-state index is -0.305. The van der Waals surface area contributed by atoms with Gasteiger partial charge in [-0.2, -0.15) is 0 Å². The van der Waals surface area contributed by atoms with Gasteiger partial charge in [0.1, 0.15) is 12.0 Å². The molecule has 2 atom stereocenters. The lowest BCUT2D eigenvalue weighted by Gasteiger charge is -2.12. The molecule has 2 unspecified atom stereocenters. The predicted molar refractivity (Wildman–Crippen MR) is 109 cm³/mol. The van der Waals surface area contributed by atoms with Crippen LogP contribution in [-0.2, 0) is 11.2 Å². The molecule has 4 rings (SSSR count). The minimum absolute atomic E-state index is 0.0621. The monoisotopic (exact) mass is 392 g/mol. The Morgan fingerprint density at radius 1 is 1.28 bits per heavy atom. The highest BCUT2D eigenvalue weighted by atomic mass is 19.1. The quantitative estimate of drug-likeness (QED) is 0.629. The van der Waals surface area contributed by atoms with Crippen molar-refractivity contribution in [2.45, 2.75) is 25.4 Å². The number of nitrogens with zero attached hydrogens (tertiary/aromatic N) is 2. The van der Waals surface area contributed by atoms with E-state index in [2.05, 4.69) is 20.8 Å². The van der Waals surface area contributed by atoms with Crippen molar-refractivity contribution >= 4 is 18.0 Å². The number of halogens is 1. The van der Waals surface area contributed by atoms with E-state index in [1.807, 2.05) is 49.4 Å². The van der Waals surface area contributed by atoms with Crippen molar-refractivity contribution in [1.82, 2.24) is 15.8 Å². The summed E-state index contributed by atoms with van der Waals surface area (Å²) >= 11 is 0. The summed E-state index contributed by atoms with van der Waals surface area (Å²) in [6, 6.07) is 16.6. The lowest BCUT2D eigenvalue weighted by atomic mass is 9.94. The van der Waals surface area contributed by atoms with Gasteiger partial charge in [-0.1, -0.05) is 54.5 Å². The van der Waals surface area contributed by atoms with Crippen molar-refractivity contribution in [3.05, 3.63) is 71.7 Å². The van der Waals surface area contributed by atoms with Gasteiger partial charge in [0.05, 0.1) is 12.2 Å². The van der Waals surface area contributed by atoms with Gasteiger partial charge in [-0.15, -0.1) is 0 Å². The molecule has 1 amide bonds. The van der Waals surface area contributed by atoms with Crippen LogP contribution in [0.25, 0.3) is 11.1 Å². The van der Waals surface area contributed by atoms with Crippen LogP contribution in [0.4, 0.5) is 10.3 Å². The summed E-state index contributed by atoms with van der Waals surface area (Å²) in [5.74, 6) is 0.115. The van der Waals surface area contributed by atoms with E-state index in [0.29, 0.717) is 17.9 Å². The van der Waals surface area contributed by atoms with Gasteiger partial charge in [0, 0.05) is 17.8 Å². The summed E-state index contributed by atoms with van der Waals surface area (Å²) in [5, 5.41) is 9.70. The zero-order chi connectivity index (χ0) is 20.2. The molecule has 0 saturated carbocycles. The SMILES string of the molecule is CC(Cc1cc(N=CC2NCC(=O)N2)on1)c1ccc(-c2ccccc2)c(F)c1. The Bertz CT molecular complexity index is 1030. The Hall–Kier alpha value is -3.32. The maximum atomic E-state index is 14.6. The molecule has 6 nitrogen and oxygen atoms in total. The normalized spacial score (nSPS) is 17.6. The Kier molecular flexibility index (Phi) is 5.48. The van der Waals surface area contributed by atoms with Crippen LogP contribution in [0.5, 0.6) is 0 Å². The standard InChI is InChI=1S/C22H21FN4O2/c1-14(16-7-8-18(19(23)10-16)15-5-3-2-4-6-15)9-17-11-22(29-27-17)25-12-20-24-13-21(28)26-20/h2-8,10-12,14,20,24H,9,13H2,1H3,(H,26,28). The Morgan fingerprint density at radius 2 is 2.10 bits per heavy atom. The lowest BCUT2D eigenvalue weighted by Crippen LogP contribution is -2.33. The van der Waals surface area contributed by atoms with Crippen LogP contribution < -0.4 is 10.6 Å². The molecule has 3 aromatic rings. The summed E-state index contributed by atoms with van der Waals surface area (Å²) in [5.41, 5.74) is 3.08. The van der Waals surface area contributed by atoms with E-state index in [4.69, 9.17) is 4.52 Å². The Labute approximate surface area is 167 Å². The highest BCUT2D eigenvalue weighted by Gasteiger charge is 2.18. The van der Waals surface area contributed by atoms with Crippen molar-refractivity contribution < 1.29 is 13.7 Å². The largest absolute Gasteiger partial charge is 0.336 e. The highest BCUT2D eigenvalue weighted by molar-refractivity contribution is 5.85. The van der Waals surface area contributed by atoms with Crippen LogP contribution in [0, 0.1) is 5.82 Å². The summed E-state index contributed by atoms with van der Waals surface area (Å²) in [7, 11) is 0. The Morgan fingerprint density at radius 3 is 2.83 bits per heavy atom. The fraction of sp³-hybridized carbons (Fsp3) is 0.227. The summed E-state index contributed by atoms with van der Waals surface area (Å²) in [4.78, 5) is 15.3. The maximum Gasteiger partial charge on any atom is 0.250 e. The lowest BCUT2D eigenvalue weighted by molar-refractivity contribution is -0.118. The molecule has 0 bridgehead atoms. The second-order valence-corrected chi connectivity index (χ2v) is 7.07. The van der Waals surface area contributed by atoms with Gasteiger partial charge in [0.25, 0.3) is 0 Å². The zero-order valence-corrected chi connectivity index (χ0v) is 15.9. The molecule has 0 spiro atoms. The number of aromatic nitrogens is 1. The predicted octanol–water partition coefficient (Wildman–Crippen LogP) is 3.57. The number of nitrogens with one attached hydrogen (secondary N) is 2. The number of benzene rings is 2.